The summed E-state index contributed by atoms with van der Waals surface area (Å²) in [6.45, 7) is 6.64. The van der Waals surface area contributed by atoms with E-state index in [9.17, 15) is 4.79 Å². The van der Waals surface area contributed by atoms with Gasteiger partial charge in [0.25, 0.3) is 5.91 Å². The average Bonchev–Trinajstić information content (AvgIpc) is 3.23. The molecule has 1 aromatic carbocycles. The van der Waals surface area contributed by atoms with Gasteiger partial charge in [0.05, 0.1) is 13.2 Å². The second kappa shape index (κ2) is 9.91. The highest BCUT2D eigenvalue weighted by molar-refractivity contribution is 7.07. The number of aryl methyl sites for hydroxylation is 1. The highest BCUT2D eigenvalue weighted by atomic mass is 32.1. The molecule has 0 radical (unpaired) electrons. The maximum absolute atomic E-state index is 12.4. The fraction of sp³-hybridized carbons (Fsp3) is 0.476. The average molecular weight is 404 g/mol. The molecule has 0 aliphatic carbocycles. The van der Waals surface area contributed by atoms with E-state index in [-0.39, 0.29) is 18.6 Å². The Labute approximate surface area is 171 Å². The van der Waals surface area contributed by atoms with Gasteiger partial charge in [-0.05, 0) is 54.1 Å². The Balaban J connectivity index is 1.55. The Morgan fingerprint density at radius 1 is 1.21 bits per heavy atom. The Hall–Kier alpha value is -2.09. The first-order valence-electron chi connectivity index (χ1n) is 9.55. The van der Waals surface area contributed by atoms with Crippen molar-refractivity contribution in [3.8, 4) is 11.5 Å². The van der Waals surface area contributed by atoms with Gasteiger partial charge in [-0.2, -0.15) is 11.3 Å². The van der Waals surface area contributed by atoms with E-state index in [1.165, 1.54) is 5.56 Å². The normalized spacial score (nSPS) is 16.5. The molecule has 0 bridgehead atoms. The number of carbonyl (C=O) groups excluding carboxylic acids is 1. The number of piperazine rings is 1. The minimum Gasteiger partial charge on any atom is -0.493 e. The van der Waals surface area contributed by atoms with Gasteiger partial charge in [0.1, 0.15) is 0 Å². The molecular formula is C21H29N3O3S. The van der Waals surface area contributed by atoms with Crippen LogP contribution in [0.15, 0.2) is 35.0 Å². The van der Waals surface area contributed by atoms with Crippen molar-refractivity contribution in [2.75, 3.05) is 53.5 Å². The van der Waals surface area contributed by atoms with Crippen LogP contribution in [0.4, 0.5) is 0 Å². The summed E-state index contributed by atoms with van der Waals surface area (Å²) in [4.78, 5) is 17.2. The van der Waals surface area contributed by atoms with Crippen molar-refractivity contribution >= 4 is 17.2 Å². The van der Waals surface area contributed by atoms with E-state index in [0.717, 1.165) is 31.7 Å². The number of nitrogens with zero attached hydrogens (tertiary/aromatic N) is 2. The third kappa shape index (κ3) is 5.47. The number of ether oxygens (including phenoxy) is 2. The van der Waals surface area contributed by atoms with Gasteiger partial charge in [-0.15, -0.1) is 0 Å². The lowest BCUT2D eigenvalue weighted by Crippen LogP contribution is -2.48. The molecule has 1 saturated heterocycles. The van der Waals surface area contributed by atoms with Crippen molar-refractivity contribution in [1.29, 1.82) is 0 Å². The van der Waals surface area contributed by atoms with Gasteiger partial charge in [-0.3, -0.25) is 9.69 Å². The molecule has 152 valence electrons. The molecule has 1 N–H and O–H groups in total. The summed E-state index contributed by atoms with van der Waals surface area (Å²) in [5.74, 6) is 1.09. The molecule has 7 heteroatoms. The maximum atomic E-state index is 12.4. The zero-order chi connectivity index (χ0) is 19.9. The van der Waals surface area contributed by atoms with Gasteiger partial charge in [0.2, 0.25) is 0 Å². The van der Waals surface area contributed by atoms with E-state index in [0.29, 0.717) is 18.0 Å². The van der Waals surface area contributed by atoms with Crippen LogP contribution in [0.5, 0.6) is 11.5 Å². The van der Waals surface area contributed by atoms with E-state index >= 15 is 0 Å². The number of methoxy groups -OCH3 is 1. The van der Waals surface area contributed by atoms with E-state index in [1.807, 2.05) is 25.1 Å². The van der Waals surface area contributed by atoms with Gasteiger partial charge < -0.3 is 19.7 Å². The van der Waals surface area contributed by atoms with Crippen LogP contribution in [0, 0.1) is 6.92 Å². The molecular weight excluding hydrogens is 374 g/mol. The lowest BCUT2D eigenvalue weighted by Gasteiger charge is -2.38. The number of likely N-dealkylation sites (N-methyl/N-ethyl adjacent to an activating group) is 1. The first kappa shape index (κ1) is 20.6. The van der Waals surface area contributed by atoms with Gasteiger partial charge in [-0.25, -0.2) is 0 Å². The Morgan fingerprint density at radius 2 is 2.00 bits per heavy atom. The van der Waals surface area contributed by atoms with E-state index in [1.54, 1.807) is 18.4 Å². The standard InChI is InChI=1S/C21H29N3O3S/c1-16-4-5-19(20(12-16)26-3)27-14-21(25)22-13-18(17-6-11-28-15-17)24-9-7-23(2)8-10-24/h4-6,11-12,15,18H,7-10,13-14H2,1-3H3,(H,22,25). The molecule has 1 aliphatic heterocycles. The largest absolute Gasteiger partial charge is 0.493 e. The maximum Gasteiger partial charge on any atom is 0.258 e. The monoisotopic (exact) mass is 403 g/mol. The number of amides is 1. The summed E-state index contributed by atoms with van der Waals surface area (Å²) in [6.07, 6.45) is 0. The molecule has 1 unspecified atom stereocenters. The van der Waals surface area contributed by atoms with Gasteiger partial charge >= 0.3 is 0 Å². The van der Waals surface area contributed by atoms with Crippen molar-refractivity contribution in [3.63, 3.8) is 0 Å². The third-order valence-corrected chi connectivity index (χ3v) is 5.78. The number of hydrogen-bond acceptors (Lipinski definition) is 6. The summed E-state index contributed by atoms with van der Waals surface area (Å²) in [5, 5.41) is 7.30. The van der Waals surface area contributed by atoms with Gasteiger partial charge in [0, 0.05) is 32.7 Å². The molecule has 1 fully saturated rings. The summed E-state index contributed by atoms with van der Waals surface area (Å²) in [6, 6.07) is 8.01. The SMILES string of the molecule is COc1cc(C)ccc1OCC(=O)NCC(c1ccsc1)N1CCN(C)CC1. The van der Waals surface area contributed by atoms with Crippen LogP contribution in [0.25, 0.3) is 0 Å². The molecule has 1 amide bonds. The summed E-state index contributed by atoms with van der Waals surface area (Å²) >= 11 is 1.69. The zero-order valence-electron chi connectivity index (χ0n) is 16.8. The number of thiophene rings is 1. The topological polar surface area (TPSA) is 54.0 Å². The molecule has 6 nitrogen and oxygen atoms in total. The van der Waals surface area contributed by atoms with E-state index < -0.39 is 0 Å². The molecule has 1 atom stereocenters. The predicted octanol–water partition coefficient (Wildman–Crippen LogP) is 2.55. The van der Waals surface area contributed by atoms with Crippen molar-refractivity contribution in [3.05, 3.63) is 46.2 Å². The minimum absolute atomic E-state index is 0.0293. The zero-order valence-corrected chi connectivity index (χ0v) is 17.6. The van der Waals surface area contributed by atoms with Crippen molar-refractivity contribution in [1.82, 2.24) is 15.1 Å². The lowest BCUT2D eigenvalue weighted by atomic mass is 10.1. The molecule has 1 aliphatic rings. The lowest BCUT2D eigenvalue weighted by molar-refractivity contribution is -0.123. The summed E-state index contributed by atoms with van der Waals surface area (Å²) in [7, 11) is 3.75. The van der Waals surface area contributed by atoms with Crippen LogP contribution < -0.4 is 14.8 Å². The highest BCUT2D eigenvalue weighted by Crippen LogP contribution is 2.27. The number of carbonyl (C=O) groups is 1. The van der Waals surface area contributed by atoms with Gasteiger partial charge in [0.15, 0.2) is 18.1 Å². The van der Waals surface area contributed by atoms with E-state index in [2.05, 4.69) is 39.0 Å². The molecule has 3 rings (SSSR count). The van der Waals surface area contributed by atoms with Crippen LogP contribution in [-0.2, 0) is 4.79 Å². The summed E-state index contributed by atoms with van der Waals surface area (Å²) < 4.78 is 11.0. The van der Waals surface area contributed by atoms with Crippen LogP contribution in [0.2, 0.25) is 0 Å². The molecule has 2 heterocycles. The van der Waals surface area contributed by atoms with Crippen molar-refractivity contribution < 1.29 is 14.3 Å². The first-order valence-corrected chi connectivity index (χ1v) is 10.5. The predicted molar refractivity (Wildman–Crippen MR) is 112 cm³/mol. The molecule has 0 spiro atoms. The number of nitrogens with one attached hydrogen (secondary N) is 1. The number of rotatable bonds is 8. The Kier molecular flexibility index (Phi) is 7.30. The van der Waals surface area contributed by atoms with Crippen molar-refractivity contribution in [2.45, 2.75) is 13.0 Å². The summed E-state index contributed by atoms with van der Waals surface area (Å²) in [5.41, 5.74) is 2.34. The first-order chi connectivity index (χ1) is 13.6. The van der Waals surface area contributed by atoms with Crippen LogP contribution in [0.3, 0.4) is 0 Å². The van der Waals surface area contributed by atoms with E-state index in [4.69, 9.17) is 9.47 Å². The molecule has 2 aromatic rings. The van der Waals surface area contributed by atoms with Crippen molar-refractivity contribution in [2.24, 2.45) is 0 Å². The van der Waals surface area contributed by atoms with Crippen LogP contribution in [0.1, 0.15) is 17.2 Å². The fourth-order valence-electron chi connectivity index (χ4n) is 3.35. The fourth-order valence-corrected chi connectivity index (χ4v) is 4.06. The third-order valence-electron chi connectivity index (χ3n) is 5.08. The molecule has 1 aromatic heterocycles. The minimum atomic E-state index is -0.128. The second-order valence-corrected chi connectivity index (χ2v) is 7.94. The van der Waals surface area contributed by atoms with Gasteiger partial charge in [-0.1, -0.05) is 6.07 Å². The van der Waals surface area contributed by atoms with Crippen LogP contribution >= 0.6 is 11.3 Å². The second-order valence-electron chi connectivity index (χ2n) is 7.16. The smallest absolute Gasteiger partial charge is 0.258 e. The highest BCUT2D eigenvalue weighted by Gasteiger charge is 2.24. The Morgan fingerprint density at radius 3 is 2.68 bits per heavy atom. The molecule has 0 saturated carbocycles. The Bertz CT molecular complexity index is 758. The number of benzene rings is 1. The molecule has 28 heavy (non-hydrogen) atoms. The number of hydrogen-bond donors (Lipinski definition) is 1. The van der Waals surface area contributed by atoms with Crippen LogP contribution in [-0.4, -0.2) is 69.2 Å². The quantitative estimate of drug-likeness (QED) is 0.734.